The van der Waals surface area contributed by atoms with E-state index in [2.05, 4.69) is 6.07 Å². The van der Waals surface area contributed by atoms with Crippen molar-refractivity contribution in [2.24, 2.45) is 7.05 Å². The fraction of sp³-hybridized carbons (Fsp3) is 0.214. The van der Waals surface area contributed by atoms with E-state index in [0.717, 1.165) is 11.1 Å². The topological polar surface area (TPSA) is 22.0 Å². The van der Waals surface area contributed by atoms with E-state index in [1.165, 1.54) is 12.1 Å². The van der Waals surface area contributed by atoms with E-state index >= 15 is 0 Å². The fourth-order valence-electron chi connectivity index (χ4n) is 1.90. The molecule has 5 heteroatoms. The molecule has 0 atom stereocenters. The Morgan fingerprint density at radius 1 is 1.42 bits per heavy atom. The maximum Gasteiger partial charge on any atom is 0.207 e. The van der Waals surface area contributed by atoms with Gasteiger partial charge in [0.15, 0.2) is 0 Å². The summed E-state index contributed by atoms with van der Waals surface area (Å²) < 4.78 is 15.4. The van der Waals surface area contributed by atoms with E-state index in [9.17, 15) is 9.18 Å². The van der Waals surface area contributed by atoms with Crippen LogP contribution in [0, 0.1) is 15.5 Å². The van der Waals surface area contributed by atoms with E-state index in [0.29, 0.717) is 15.7 Å². The molecule has 0 aliphatic carbocycles. The van der Waals surface area contributed by atoms with E-state index in [-0.39, 0.29) is 44.1 Å². The molecule has 2 aromatic rings. The Balaban J connectivity index is 0.00000180. The summed E-state index contributed by atoms with van der Waals surface area (Å²) in [5, 5.41) is 0. The number of nitrogens with zero attached hydrogens (tertiary/aromatic N) is 1. The smallest absolute Gasteiger partial charge is 0.207 e. The van der Waals surface area contributed by atoms with E-state index < -0.39 is 0 Å². The summed E-state index contributed by atoms with van der Waals surface area (Å²) in [5.74, 6) is -0.258. The number of halogens is 2. The monoisotopic (exact) mass is 445 g/mol. The maximum atomic E-state index is 13.2. The number of hydrogen-bond acceptors (Lipinski definition) is 1. The average molecular weight is 445 g/mol. The van der Waals surface area contributed by atoms with Crippen LogP contribution < -0.4 is 5.56 Å². The summed E-state index contributed by atoms with van der Waals surface area (Å²) >= 11 is 1.98. The molecule has 0 bridgehead atoms. The molecule has 0 aliphatic heterocycles. The van der Waals surface area contributed by atoms with Gasteiger partial charge in [0.05, 0.1) is 0 Å². The molecule has 0 saturated heterocycles. The molecule has 0 unspecified atom stereocenters. The summed E-state index contributed by atoms with van der Waals surface area (Å²) in [6, 6.07) is 9.37. The molecular weight excluding hydrogens is 433 g/mol. The zero-order valence-electron chi connectivity index (χ0n) is 10.7. The van der Waals surface area contributed by atoms with Gasteiger partial charge in [0.25, 0.3) is 0 Å². The van der Waals surface area contributed by atoms with Gasteiger partial charge in [-0.05, 0) is 22.1 Å². The first kappa shape index (κ1) is 17.0. The molecule has 0 saturated carbocycles. The number of aryl methyl sites for hydroxylation is 1. The van der Waals surface area contributed by atoms with Crippen molar-refractivity contribution in [2.45, 2.75) is 13.3 Å². The Hall–Kier alpha value is -0.0661. The van der Waals surface area contributed by atoms with Crippen LogP contribution in [-0.2, 0) is 46.2 Å². The second-order valence-electron chi connectivity index (χ2n) is 4.00. The van der Waals surface area contributed by atoms with Gasteiger partial charge in [-0.1, -0.05) is 23.7 Å². The molecule has 0 amide bonds. The first-order chi connectivity index (χ1) is 8.54. The minimum absolute atomic E-state index is 0. The third kappa shape index (κ3) is 3.53. The Bertz CT molecular complexity index is 654. The van der Waals surface area contributed by atoms with Gasteiger partial charge in [0.1, 0.15) is 5.82 Å². The van der Waals surface area contributed by atoms with Crippen LogP contribution in [0.5, 0.6) is 0 Å². The fourth-order valence-corrected chi connectivity index (χ4v) is 2.41. The summed E-state index contributed by atoms with van der Waals surface area (Å²) in [4.78, 5) is 11.9. The van der Waals surface area contributed by atoms with E-state index in [1.807, 2.05) is 29.5 Å². The Labute approximate surface area is 150 Å². The van der Waals surface area contributed by atoms with Crippen molar-refractivity contribution in [1.82, 2.24) is 4.57 Å². The van der Waals surface area contributed by atoms with Gasteiger partial charge in [0, 0.05) is 39.8 Å². The summed E-state index contributed by atoms with van der Waals surface area (Å²) in [6.07, 6.45) is 0.709. The van der Waals surface area contributed by atoms with Crippen molar-refractivity contribution >= 4 is 22.6 Å². The number of benzene rings is 1. The van der Waals surface area contributed by atoms with Gasteiger partial charge in [-0.15, -0.1) is 28.7 Å². The molecule has 2 rings (SSSR count). The molecule has 0 spiro atoms. The van der Waals surface area contributed by atoms with Gasteiger partial charge < -0.3 is 4.57 Å². The molecule has 19 heavy (non-hydrogen) atoms. The summed E-state index contributed by atoms with van der Waals surface area (Å²) in [7, 11) is 1.71. The normalized spacial score (nSPS) is 10.1. The largest absolute Gasteiger partial charge is 0.345 e. The third-order valence-corrected chi connectivity index (χ3v) is 3.66. The van der Waals surface area contributed by atoms with Crippen molar-refractivity contribution in [3.63, 3.8) is 0 Å². The molecule has 97 valence electrons. The second-order valence-corrected chi connectivity index (χ2v) is 5.17. The summed E-state index contributed by atoms with van der Waals surface area (Å²) in [6.45, 7) is 1.96. The number of pyridine rings is 1. The minimum atomic E-state index is -0.258. The molecule has 0 aliphatic rings. The molecule has 0 fully saturated rings. The Morgan fingerprint density at radius 2 is 2.11 bits per heavy atom. The zero-order valence-corrected chi connectivity index (χ0v) is 15.7. The van der Waals surface area contributed by atoms with Gasteiger partial charge in [-0.3, -0.25) is 4.79 Å². The second kappa shape index (κ2) is 7.09. The van der Waals surface area contributed by atoms with E-state index in [4.69, 9.17) is 0 Å². The van der Waals surface area contributed by atoms with Crippen molar-refractivity contribution < 1.29 is 37.1 Å². The van der Waals surface area contributed by atoms with Crippen LogP contribution in [-0.4, -0.2) is 4.57 Å². The van der Waals surface area contributed by atoms with Crippen LogP contribution in [0.3, 0.4) is 0 Å². The maximum absolute atomic E-state index is 13.2. The molecule has 1 aromatic heterocycles. The quantitative estimate of drug-likeness (QED) is 0.515. The van der Waals surface area contributed by atoms with Crippen molar-refractivity contribution in [2.75, 3.05) is 0 Å². The van der Waals surface area contributed by atoms with Crippen LogP contribution in [0.2, 0.25) is 0 Å². The molecule has 1 heterocycles. The van der Waals surface area contributed by atoms with Crippen LogP contribution in [0.1, 0.15) is 12.5 Å². The van der Waals surface area contributed by atoms with E-state index in [1.54, 1.807) is 23.7 Å². The standard InChI is InChI=1S/C14H12FINO.Y/c1-3-9-8-10(15)4-5-11(9)13-7-6-12(16)14(18)17(13)2;/h4-6,8H,3H2,1-2H3;/q-1;. The number of rotatable bonds is 2. The zero-order chi connectivity index (χ0) is 13.3. The first-order valence-corrected chi connectivity index (χ1v) is 6.68. The molecular formula is C14H12FINOY-. The number of aromatic nitrogens is 1. The Morgan fingerprint density at radius 3 is 2.74 bits per heavy atom. The molecule has 0 N–H and O–H groups in total. The van der Waals surface area contributed by atoms with Gasteiger partial charge in [0.2, 0.25) is 5.56 Å². The first-order valence-electron chi connectivity index (χ1n) is 5.60. The van der Waals surface area contributed by atoms with Gasteiger partial charge >= 0.3 is 0 Å². The predicted molar refractivity (Wildman–Crippen MR) is 78.0 cm³/mol. The van der Waals surface area contributed by atoms with Crippen LogP contribution >= 0.6 is 22.6 Å². The number of hydrogen-bond donors (Lipinski definition) is 0. The van der Waals surface area contributed by atoms with Crippen molar-refractivity contribution in [3.05, 3.63) is 55.6 Å². The van der Waals surface area contributed by atoms with Crippen molar-refractivity contribution in [3.8, 4) is 11.3 Å². The minimum Gasteiger partial charge on any atom is -0.345 e. The average Bonchev–Trinajstić information content (AvgIpc) is 2.37. The van der Waals surface area contributed by atoms with Crippen LogP contribution in [0.15, 0.2) is 29.1 Å². The SMILES string of the molecule is CCc1cc(F)ccc1-c1[c-]cc(I)c(=O)n1C.[Y]. The molecule has 1 radical (unpaired) electrons. The molecule has 2 nitrogen and oxygen atoms in total. The van der Waals surface area contributed by atoms with Crippen LogP contribution in [0.25, 0.3) is 11.3 Å². The predicted octanol–water partition coefficient (Wildman–Crippen LogP) is 3.16. The third-order valence-electron chi connectivity index (χ3n) is 2.88. The van der Waals surface area contributed by atoms with Gasteiger partial charge in [-0.25, -0.2) is 4.39 Å². The Kier molecular flexibility index (Phi) is 6.34. The van der Waals surface area contributed by atoms with Crippen LogP contribution in [0.4, 0.5) is 4.39 Å². The summed E-state index contributed by atoms with van der Waals surface area (Å²) in [5.41, 5.74) is 2.37. The van der Waals surface area contributed by atoms with Gasteiger partial charge in [-0.2, -0.15) is 12.1 Å². The van der Waals surface area contributed by atoms with Crippen molar-refractivity contribution in [1.29, 1.82) is 0 Å². The molecule has 1 aromatic carbocycles.